The van der Waals surface area contributed by atoms with Crippen LogP contribution in [0.3, 0.4) is 0 Å². The Bertz CT molecular complexity index is 598. The Kier molecular flexibility index (Phi) is 1.49. The number of hydrogen-bond acceptors (Lipinski definition) is 0. The highest BCUT2D eigenvalue weighted by molar-refractivity contribution is 5.99. The Labute approximate surface area is 94.9 Å². The topological polar surface area (TPSA) is 0 Å². The second-order valence-electron chi connectivity index (χ2n) is 4.58. The second-order valence-corrected chi connectivity index (χ2v) is 4.58. The van der Waals surface area contributed by atoms with E-state index in [2.05, 4.69) is 48.6 Å². The number of fused-ring (bicyclic) bond motifs is 5. The highest BCUT2D eigenvalue weighted by Gasteiger charge is 2.13. The maximum absolute atomic E-state index is 2.29. The predicted octanol–water partition coefficient (Wildman–Crippen LogP) is 3.98. The molecule has 0 heteroatoms. The molecule has 16 heavy (non-hydrogen) atoms. The molecule has 2 aliphatic rings. The zero-order valence-corrected chi connectivity index (χ0v) is 9.03. The van der Waals surface area contributed by atoms with Gasteiger partial charge in [0.2, 0.25) is 0 Å². The van der Waals surface area contributed by atoms with Gasteiger partial charge in [0.05, 0.1) is 0 Å². The molecule has 0 unspecified atom stereocenters. The van der Waals surface area contributed by atoms with Crippen molar-refractivity contribution in [2.24, 2.45) is 0 Å². The average Bonchev–Trinajstić information content (AvgIpc) is 2.96. The summed E-state index contributed by atoms with van der Waals surface area (Å²) in [6.07, 6.45) is 11.2. The molecule has 0 atom stereocenters. The third kappa shape index (κ3) is 0.943. The summed E-state index contributed by atoms with van der Waals surface area (Å²) in [5.41, 5.74) is 5.80. The highest BCUT2D eigenvalue weighted by atomic mass is 14.2. The third-order valence-corrected chi connectivity index (χ3v) is 3.71. The fourth-order valence-corrected chi connectivity index (χ4v) is 2.90. The minimum absolute atomic E-state index is 1.10. The van der Waals surface area contributed by atoms with Gasteiger partial charge in [-0.15, -0.1) is 0 Å². The van der Waals surface area contributed by atoms with Crippen LogP contribution < -0.4 is 0 Å². The van der Waals surface area contributed by atoms with Gasteiger partial charge in [-0.05, 0) is 45.9 Å². The normalized spacial score (nSPS) is 15.8. The van der Waals surface area contributed by atoms with E-state index in [1.54, 1.807) is 0 Å². The molecule has 0 aliphatic heterocycles. The first-order chi connectivity index (χ1) is 7.93. The fourth-order valence-electron chi connectivity index (χ4n) is 2.90. The van der Waals surface area contributed by atoms with Crippen molar-refractivity contribution in [2.75, 3.05) is 0 Å². The Morgan fingerprint density at radius 3 is 1.62 bits per heavy atom. The molecule has 0 N–H and O–H groups in total. The van der Waals surface area contributed by atoms with Gasteiger partial charge in [0.1, 0.15) is 0 Å². The van der Waals surface area contributed by atoms with Gasteiger partial charge in [-0.3, -0.25) is 0 Å². The zero-order chi connectivity index (χ0) is 10.5. The molecular weight excluding hydrogens is 192 g/mol. The summed E-state index contributed by atoms with van der Waals surface area (Å²) < 4.78 is 0. The third-order valence-electron chi connectivity index (χ3n) is 3.71. The summed E-state index contributed by atoms with van der Waals surface area (Å²) in [5.74, 6) is 0. The summed E-state index contributed by atoms with van der Waals surface area (Å²) in [7, 11) is 0. The van der Waals surface area contributed by atoms with Crippen molar-refractivity contribution >= 4 is 22.9 Å². The lowest BCUT2D eigenvalue weighted by Gasteiger charge is -2.09. The second kappa shape index (κ2) is 2.85. The van der Waals surface area contributed by atoms with E-state index < -0.39 is 0 Å². The van der Waals surface area contributed by atoms with Crippen LogP contribution in [0.2, 0.25) is 0 Å². The number of allylic oxidation sites excluding steroid dienone is 2. The van der Waals surface area contributed by atoms with Crippen molar-refractivity contribution < 1.29 is 0 Å². The van der Waals surface area contributed by atoms with Gasteiger partial charge >= 0.3 is 0 Å². The molecule has 0 spiro atoms. The Balaban J connectivity index is 2.19. The number of rotatable bonds is 0. The van der Waals surface area contributed by atoms with Gasteiger partial charge in [0.25, 0.3) is 0 Å². The lowest BCUT2D eigenvalue weighted by atomic mass is 9.95. The summed E-state index contributed by atoms with van der Waals surface area (Å²) in [6.45, 7) is 0. The molecule has 0 nitrogen and oxygen atoms in total. The maximum Gasteiger partial charge on any atom is -0.00879 e. The smallest absolute Gasteiger partial charge is 0.00879 e. The minimum atomic E-state index is 1.10. The molecule has 0 amide bonds. The minimum Gasteiger partial charge on any atom is -0.0795 e. The SMILES string of the molecule is C1=Cc2c(ccc3c4c(ccc23)CC=C4)C1. The van der Waals surface area contributed by atoms with Gasteiger partial charge in [0, 0.05) is 0 Å². The van der Waals surface area contributed by atoms with E-state index in [1.807, 2.05) is 0 Å². The molecule has 2 aliphatic carbocycles. The summed E-state index contributed by atoms with van der Waals surface area (Å²) in [5, 5.41) is 2.83. The molecule has 0 saturated carbocycles. The molecule has 2 aromatic rings. The molecule has 76 valence electrons. The van der Waals surface area contributed by atoms with E-state index >= 15 is 0 Å². The molecule has 0 heterocycles. The largest absolute Gasteiger partial charge is 0.0795 e. The Hall–Kier alpha value is -1.82. The summed E-state index contributed by atoms with van der Waals surface area (Å²) in [6, 6.07) is 9.14. The Morgan fingerprint density at radius 1 is 0.625 bits per heavy atom. The van der Waals surface area contributed by atoms with Crippen molar-refractivity contribution in [3.63, 3.8) is 0 Å². The van der Waals surface area contributed by atoms with Crippen molar-refractivity contribution in [2.45, 2.75) is 12.8 Å². The van der Waals surface area contributed by atoms with Crippen LogP contribution in [0.4, 0.5) is 0 Å². The first-order valence-electron chi connectivity index (χ1n) is 5.84. The van der Waals surface area contributed by atoms with Crippen LogP contribution in [0.5, 0.6) is 0 Å². The van der Waals surface area contributed by atoms with Crippen LogP contribution in [0.1, 0.15) is 22.3 Å². The van der Waals surface area contributed by atoms with Gasteiger partial charge < -0.3 is 0 Å². The quantitative estimate of drug-likeness (QED) is 0.609. The van der Waals surface area contributed by atoms with Gasteiger partial charge in [-0.25, -0.2) is 0 Å². The van der Waals surface area contributed by atoms with Gasteiger partial charge in [0.15, 0.2) is 0 Å². The van der Waals surface area contributed by atoms with E-state index in [9.17, 15) is 0 Å². The van der Waals surface area contributed by atoms with E-state index in [0.717, 1.165) is 12.8 Å². The van der Waals surface area contributed by atoms with Crippen LogP contribution in [0.25, 0.3) is 22.9 Å². The van der Waals surface area contributed by atoms with Gasteiger partial charge in [-0.2, -0.15) is 0 Å². The van der Waals surface area contributed by atoms with Crippen LogP contribution in [0, 0.1) is 0 Å². The molecule has 0 aromatic heterocycles. The predicted molar refractivity (Wildman–Crippen MR) is 69.4 cm³/mol. The maximum atomic E-state index is 2.29. The molecule has 0 bridgehead atoms. The van der Waals surface area contributed by atoms with E-state index in [4.69, 9.17) is 0 Å². The molecule has 2 aromatic carbocycles. The van der Waals surface area contributed by atoms with Crippen molar-refractivity contribution in [1.29, 1.82) is 0 Å². The molecule has 0 radical (unpaired) electrons. The first-order valence-corrected chi connectivity index (χ1v) is 5.84. The average molecular weight is 204 g/mol. The van der Waals surface area contributed by atoms with Crippen molar-refractivity contribution in [1.82, 2.24) is 0 Å². The Morgan fingerprint density at radius 2 is 1.12 bits per heavy atom. The molecule has 0 fully saturated rings. The summed E-state index contributed by atoms with van der Waals surface area (Å²) >= 11 is 0. The van der Waals surface area contributed by atoms with E-state index in [-0.39, 0.29) is 0 Å². The fraction of sp³-hybridized carbons (Fsp3) is 0.125. The zero-order valence-electron chi connectivity index (χ0n) is 9.03. The monoisotopic (exact) mass is 204 g/mol. The lowest BCUT2D eigenvalue weighted by molar-refractivity contribution is 1.31. The molecule has 0 saturated heterocycles. The number of hydrogen-bond donors (Lipinski definition) is 0. The summed E-state index contributed by atoms with van der Waals surface area (Å²) in [4.78, 5) is 0. The van der Waals surface area contributed by atoms with Crippen LogP contribution in [-0.2, 0) is 12.8 Å². The standard InChI is InChI=1S/C16H12/c1-3-11-7-9-16-14-6-2-4-12(14)8-10-15(16)13(11)5-1/h1-2,5-10H,3-4H2. The van der Waals surface area contributed by atoms with E-state index in [0.29, 0.717) is 0 Å². The highest BCUT2D eigenvalue weighted by Crippen LogP contribution is 2.34. The van der Waals surface area contributed by atoms with Crippen LogP contribution in [0.15, 0.2) is 36.4 Å². The molecule has 4 rings (SSSR count). The van der Waals surface area contributed by atoms with Crippen LogP contribution >= 0.6 is 0 Å². The lowest BCUT2D eigenvalue weighted by Crippen LogP contribution is -1.88. The van der Waals surface area contributed by atoms with Crippen molar-refractivity contribution in [3.8, 4) is 0 Å². The molecular formula is C16H12. The van der Waals surface area contributed by atoms with Crippen LogP contribution in [-0.4, -0.2) is 0 Å². The van der Waals surface area contributed by atoms with Gasteiger partial charge in [-0.1, -0.05) is 48.6 Å². The number of benzene rings is 2. The first kappa shape index (κ1) is 8.35. The van der Waals surface area contributed by atoms with E-state index in [1.165, 1.54) is 33.0 Å². The van der Waals surface area contributed by atoms with Crippen molar-refractivity contribution in [3.05, 3.63) is 58.7 Å².